The van der Waals surface area contributed by atoms with Gasteiger partial charge in [-0.1, -0.05) is 42.5 Å². The molecule has 4 nitrogen and oxygen atoms in total. The summed E-state index contributed by atoms with van der Waals surface area (Å²) in [7, 11) is 1.37. The summed E-state index contributed by atoms with van der Waals surface area (Å²) in [6.45, 7) is 0. The number of fused-ring (bicyclic) bond motifs is 3. The van der Waals surface area contributed by atoms with Gasteiger partial charge in [-0.15, -0.1) is 0 Å². The van der Waals surface area contributed by atoms with Crippen molar-refractivity contribution in [3.05, 3.63) is 84.4 Å². The van der Waals surface area contributed by atoms with Crippen LogP contribution in [0.25, 0.3) is 16.8 Å². The highest BCUT2D eigenvalue weighted by atomic mass is 16.5. The quantitative estimate of drug-likeness (QED) is 0.540. The second-order valence-corrected chi connectivity index (χ2v) is 5.97. The fourth-order valence-electron chi connectivity index (χ4n) is 3.28. The lowest BCUT2D eigenvalue weighted by molar-refractivity contribution is -0.134. The Morgan fingerprint density at radius 3 is 2.19 bits per heavy atom. The van der Waals surface area contributed by atoms with Gasteiger partial charge in [-0.25, -0.2) is 4.79 Å². The van der Waals surface area contributed by atoms with Crippen molar-refractivity contribution in [3.8, 4) is 16.9 Å². The van der Waals surface area contributed by atoms with Crippen molar-refractivity contribution in [2.45, 2.75) is 0 Å². The summed E-state index contributed by atoms with van der Waals surface area (Å²) in [4.78, 5) is 14.1. The van der Waals surface area contributed by atoms with Crippen molar-refractivity contribution >= 4 is 23.0 Å². The SMILES string of the molecule is COC(=O)/C=C1\c2ccccc2-c2ccccc2N1c1ccc(O)cc1. The molecule has 1 heterocycles. The minimum absolute atomic E-state index is 0.193. The van der Waals surface area contributed by atoms with Crippen LogP contribution in [-0.4, -0.2) is 18.2 Å². The van der Waals surface area contributed by atoms with Gasteiger partial charge in [-0.2, -0.15) is 0 Å². The molecule has 1 aliphatic rings. The van der Waals surface area contributed by atoms with E-state index >= 15 is 0 Å². The number of carbonyl (C=O) groups is 1. The second-order valence-electron chi connectivity index (χ2n) is 5.97. The minimum Gasteiger partial charge on any atom is -0.508 e. The molecule has 4 heteroatoms. The van der Waals surface area contributed by atoms with E-state index in [-0.39, 0.29) is 5.75 Å². The van der Waals surface area contributed by atoms with Crippen LogP contribution in [0.4, 0.5) is 11.4 Å². The van der Waals surface area contributed by atoms with Crippen LogP contribution in [0.5, 0.6) is 5.75 Å². The number of aromatic hydroxyl groups is 1. The Morgan fingerprint density at radius 1 is 0.885 bits per heavy atom. The zero-order valence-electron chi connectivity index (χ0n) is 14.2. The van der Waals surface area contributed by atoms with E-state index in [1.165, 1.54) is 13.2 Å². The number of hydrogen-bond acceptors (Lipinski definition) is 4. The number of phenolic OH excluding ortho intramolecular Hbond substituents is 1. The molecule has 0 unspecified atom stereocenters. The predicted molar refractivity (Wildman–Crippen MR) is 102 cm³/mol. The summed E-state index contributed by atoms with van der Waals surface area (Å²) in [5, 5.41) is 9.65. The third-order valence-electron chi connectivity index (χ3n) is 4.44. The molecule has 0 saturated carbocycles. The highest BCUT2D eigenvalue weighted by Gasteiger charge is 2.28. The van der Waals surface area contributed by atoms with Crippen molar-refractivity contribution in [1.82, 2.24) is 0 Å². The average molecular weight is 343 g/mol. The molecule has 1 aliphatic heterocycles. The summed E-state index contributed by atoms with van der Waals surface area (Å²) >= 11 is 0. The van der Waals surface area contributed by atoms with Gasteiger partial charge < -0.3 is 14.7 Å². The second kappa shape index (κ2) is 6.41. The van der Waals surface area contributed by atoms with Crippen LogP contribution in [0, 0.1) is 0 Å². The third kappa shape index (κ3) is 2.62. The van der Waals surface area contributed by atoms with Crippen molar-refractivity contribution in [1.29, 1.82) is 0 Å². The van der Waals surface area contributed by atoms with Gasteiger partial charge in [0.15, 0.2) is 0 Å². The molecule has 26 heavy (non-hydrogen) atoms. The number of ether oxygens (including phenoxy) is 1. The normalized spacial score (nSPS) is 13.9. The zero-order valence-corrected chi connectivity index (χ0v) is 14.2. The first kappa shape index (κ1) is 16.0. The summed E-state index contributed by atoms with van der Waals surface area (Å²) in [5.74, 6) is -0.226. The number of para-hydroxylation sites is 1. The first-order valence-electron chi connectivity index (χ1n) is 8.26. The lowest BCUT2D eigenvalue weighted by Crippen LogP contribution is -2.21. The highest BCUT2D eigenvalue weighted by Crippen LogP contribution is 2.47. The van der Waals surface area contributed by atoms with E-state index < -0.39 is 5.97 Å². The fourth-order valence-corrected chi connectivity index (χ4v) is 3.28. The Labute approximate surface area is 151 Å². The van der Waals surface area contributed by atoms with E-state index in [2.05, 4.69) is 6.07 Å². The molecule has 128 valence electrons. The Morgan fingerprint density at radius 2 is 1.50 bits per heavy atom. The molecule has 0 aromatic heterocycles. The molecule has 0 atom stereocenters. The van der Waals surface area contributed by atoms with Gasteiger partial charge in [0.2, 0.25) is 0 Å². The maximum Gasteiger partial charge on any atom is 0.332 e. The van der Waals surface area contributed by atoms with E-state index in [4.69, 9.17) is 4.74 Å². The maximum atomic E-state index is 12.1. The molecule has 0 saturated heterocycles. The predicted octanol–water partition coefficient (Wildman–Crippen LogP) is 4.72. The van der Waals surface area contributed by atoms with Gasteiger partial charge in [-0.05, 0) is 35.9 Å². The summed E-state index contributed by atoms with van der Waals surface area (Å²) in [6, 6.07) is 22.9. The summed E-state index contributed by atoms with van der Waals surface area (Å²) in [6.07, 6.45) is 1.50. The molecule has 0 bridgehead atoms. The van der Waals surface area contributed by atoms with Gasteiger partial charge in [0, 0.05) is 22.9 Å². The number of methoxy groups -OCH3 is 1. The number of nitrogens with zero attached hydrogens (tertiary/aromatic N) is 1. The van der Waals surface area contributed by atoms with Crippen LogP contribution in [0.3, 0.4) is 0 Å². The third-order valence-corrected chi connectivity index (χ3v) is 4.44. The van der Waals surface area contributed by atoms with Gasteiger partial charge in [0.05, 0.1) is 18.5 Å². The highest BCUT2D eigenvalue weighted by molar-refractivity contribution is 6.07. The first-order chi connectivity index (χ1) is 12.7. The molecule has 0 amide bonds. The van der Waals surface area contributed by atoms with Crippen molar-refractivity contribution in [3.63, 3.8) is 0 Å². The van der Waals surface area contributed by atoms with E-state index in [1.807, 2.05) is 59.5 Å². The van der Waals surface area contributed by atoms with E-state index in [9.17, 15) is 9.90 Å². The number of anilines is 2. The molecule has 3 aromatic rings. The van der Waals surface area contributed by atoms with Crippen LogP contribution in [0.1, 0.15) is 5.56 Å². The standard InChI is InChI=1S/C22H17NO3/c1-26-22(25)14-21-19-8-3-2-6-17(19)18-7-4-5-9-20(18)23(21)15-10-12-16(24)13-11-15/h2-14,24H,1H3/b21-14+. The van der Waals surface area contributed by atoms with Crippen LogP contribution in [0.15, 0.2) is 78.9 Å². The number of benzene rings is 3. The maximum absolute atomic E-state index is 12.1. The number of carbonyl (C=O) groups excluding carboxylic acids is 1. The molecular weight excluding hydrogens is 326 g/mol. The number of rotatable bonds is 2. The number of phenols is 1. The lowest BCUT2D eigenvalue weighted by atomic mass is 9.90. The van der Waals surface area contributed by atoms with E-state index in [0.717, 1.165) is 33.8 Å². The van der Waals surface area contributed by atoms with Gasteiger partial charge in [-0.3, -0.25) is 0 Å². The molecule has 0 spiro atoms. The lowest BCUT2D eigenvalue weighted by Gasteiger charge is -2.35. The van der Waals surface area contributed by atoms with Crippen LogP contribution >= 0.6 is 0 Å². The number of hydrogen-bond donors (Lipinski definition) is 1. The molecule has 1 N–H and O–H groups in total. The Balaban J connectivity index is 2.02. The Hall–Kier alpha value is -3.53. The summed E-state index contributed by atoms with van der Waals surface area (Å²) < 4.78 is 4.88. The molecule has 0 aliphatic carbocycles. The monoisotopic (exact) mass is 343 g/mol. The largest absolute Gasteiger partial charge is 0.508 e. The average Bonchev–Trinajstić information content (AvgIpc) is 2.69. The number of esters is 1. The van der Waals surface area contributed by atoms with E-state index in [1.54, 1.807) is 12.1 Å². The molecule has 0 radical (unpaired) electrons. The van der Waals surface area contributed by atoms with Gasteiger partial charge in [0.1, 0.15) is 5.75 Å². The first-order valence-corrected chi connectivity index (χ1v) is 8.26. The van der Waals surface area contributed by atoms with Crippen LogP contribution < -0.4 is 4.90 Å². The van der Waals surface area contributed by atoms with Crippen LogP contribution in [-0.2, 0) is 9.53 Å². The minimum atomic E-state index is -0.419. The van der Waals surface area contributed by atoms with Crippen LogP contribution in [0.2, 0.25) is 0 Å². The van der Waals surface area contributed by atoms with Gasteiger partial charge in [0.25, 0.3) is 0 Å². The summed E-state index contributed by atoms with van der Waals surface area (Å²) in [5.41, 5.74) is 5.64. The van der Waals surface area contributed by atoms with Crippen molar-refractivity contribution < 1.29 is 14.6 Å². The van der Waals surface area contributed by atoms with Gasteiger partial charge >= 0.3 is 5.97 Å². The van der Waals surface area contributed by atoms with E-state index in [0.29, 0.717) is 0 Å². The molecular formula is C22H17NO3. The fraction of sp³-hybridized carbons (Fsp3) is 0.0455. The zero-order chi connectivity index (χ0) is 18.1. The molecule has 0 fully saturated rings. The molecule has 3 aromatic carbocycles. The van der Waals surface area contributed by atoms with Crippen molar-refractivity contribution in [2.75, 3.05) is 12.0 Å². The Bertz CT molecular complexity index is 1010. The topological polar surface area (TPSA) is 49.8 Å². The van der Waals surface area contributed by atoms with Crippen molar-refractivity contribution in [2.24, 2.45) is 0 Å². The Kier molecular flexibility index (Phi) is 3.93. The molecule has 4 rings (SSSR count). The smallest absolute Gasteiger partial charge is 0.332 e.